The summed E-state index contributed by atoms with van der Waals surface area (Å²) < 4.78 is 0. The summed E-state index contributed by atoms with van der Waals surface area (Å²) in [5.74, 6) is -4.38. The van der Waals surface area contributed by atoms with Crippen molar-refractivity contribution in [1.29, 1.82) is 0 Å². The van der Waals surface area contributed by atoms with E-state index in [1.807, 2.05) is 30.3 Å². The number of hydrogen-bond donors (Lipinski definition) is 5. The van der Waals surface area contributed by atoms with Crippen molar-refractivity contribution >= 4 is 11.6 Å². The molecular weight excluding hydrogens is 332 g/mol. The van der Waals surface area contributed by atoms with E-state index in [2.05, 4.69) is 0 Å². The first kappa shape index (κ1) is 15.8. The molecule has 0 saturated heterocycles. The normalized spacial score (nSPS) is 10.7. The van der Waals surface area contributed by atoms with Crippen molar-refractivity contribution in [1.82, 2.24) is 0 Å². The van der Waals surface area contributed by atoms with E-state index in [1.165, 1.54) is 6.07 Å². The largest absolute Gasteiger partial charge is 0.504 e. The molecule has 3 aromatic carbocycles. The lowest BCUT2D eigenvalue weighted by Crippen LogP contribution is -1.86. The van der Waals surface area contributed by atoms with Crippen LogP contribution in [0.25, 0.3) is 22.3 Å². The van der Waals surface area contributed by atoms with Crippen LogP contribution in [-0.4, -0.2) is 25.5 Å². The van der Waals surface area contributed by atoms with Crippen molar-refractivity contribution < 1.29 is 25.5 Å². The van der Waals surface area contributed by atoms with Gasteiger partial charge in [-0.25, -0.2) is 0 Å². The molecule has 24 heavy (non-hydrogen) atoms. The van der Waals surface area contributed by atoms with Gasteiger partial charge < -0.3 is 25.5 Å². The number of benzene rings is 3. The molecule has 0 unspecified atom stereocenters. The summed E-state index contributed by atoms with van der Waals surface area (Å²) in [6.07, 6.45) is 0. The molecule has 122 valence electrons. The van der Waals surface area contributed by atoms with Crippen molar-refractivity contribution in [3.63, 3.8) is 0 Å². The Morgan fingerprint density at radius 3 is 1.62 bits per heavy atom. The van der Waals surface area contributed by atoms with Crippen LogP contribution in [0.5, 0.6) is 28.7 Å². The molecule has 0 heterocycles. The van der Waals surface area contributed by atoms with E-state index in [4.69, 9.17) is 11.6 Å². The lowest BCUT2D eigenvalue weighted by molar-refractivity contribution is 0.330. The fourth-order valence-corrected chi connectivity index (χ4v) is 2.73. The predicted molar refractivity (Wildman–Crippen MR) is 90.6 cm³/mol. The Labute approximate surface area is 142 Å². The molecule has 0 fully saturated rings. The highest BCUT2D eigenvalue weighted by Crippen LogP contribution is 2.55. The quantitative estimate of drug-likeness (QED) is 0.354. The first-order valence-corrected chi connectivity index (χ1v) is 7.33. The molecule has 6 heteroatoms. The van der Waals surface area contributed by atoms with Crippen LogP contribution in [0.3, 0.4) is 0 Å². The van der Waals surface area contributed by atoms with Crippen LogP contribution < -0.4 is 0 Å². The average Bonchev–Trinajstić information content (AvgIpc) is 2.59. The highest BCUT2D eigenvalue weighted by atomic mass is 35.5. The maximum absolute atomic E-state index is 10.1. The van der Waals surface area contributed by atoms with Crippen molar-refractivity contribution in [2.75, 3.05) is 0 Å². The summed E-state index contributed by atoms with van der Waals surface area (Å²) in [6.45, 7) is 0. The highest BCUT2D eigenvalue weighted by molar-refractivity contribution is 6.31. The van der Waals surface area contributed by atoms with Crippen LogP contribution >= 0.6 is 11.6 Å². The van der Waals surface area contributed by atoms with E-state index >= 15 is 0 Å². The van der Waals surface area contributed by atoms with Gasteiger partial charge in [0.2, 0.25) is 17.2 Å². The average molecular weight is 345 g/mol. The van der Waals surface area contributed by atoms with Gasteiger partial charge in [-0.15, -0.1) is 0 Å². The highest BCUT2D eigenvalue weighted by Gasteiger charge is 2.24. The first-order valence-electron chi connectivity index (χ1n) is 6.95. The number of halogens is 1. The number of aromatic hydroxyl groups is 5. The van der Waals surface area contributed by atoms with Crippen LogP contribution in [0.15, 0.2) is 48.5 Å². The second-order valence-electron chi connectivity index (χ2n) is 5.21. The molecule has 5 nitrogen and oxygen atoms in total. The fraction of sp³-hybridized carbons (Fsp3) is 0. The first-order chi connectivity index (χ1) is 11.4. The zero-order chi connectivity index (χ0) is 17.4. The molecule has 0 aliphatic rings. The van der Waals surface area contributed by atoms with Gasteiger partial charge in [-0.05, 0) is 34.9 Å². The number of hydrogen-bond acceptors (Lipinski definition) is 5. The lowest BCUT2D eigenvalue weighted by Gasteiger charge is -2.14. The molecule has 0 atom stereocenters. The second kappa shape index (κ2) is 5.86. The third kappa shape index (κ3) is 2.55. The summed E-state index contributed by atoms with van der Waals surface area (Å²) in [5.41, 5.74) is 1.60. The van der Waals surface area contributed by atoms with Gasteiger partial charge in [0.05, 0.1) is 5.56 Å². The van der Waals surface area contributed by atoms with E-state index in [9.17, 15) is 25.5 Å². The van der Waals surface area contributed by atoms with Gasteiger partial charge in [0.15, 0.2) is 11.5 Å². The van der Waals surface area contributed by atoms with E-state index in [0.717, 1.165) is 5.56 Å². The Morgan fingerprint density at radius 2 is 1.04 bits per heavy atom. The number of phenols is 5. The predicted octanol–water partition coefficient (Wildman–Crippen LogP) is 4.20. The maximum Gasteiger partial charge on any atom is 0.208 e. The van der Waals surface area contributed by atoms with Gasteiger partial charge in [0.25, 0.3) is 0 Å². The van der Waals surface area contributed by atoms with Gasteiger partial charge in [-0.3, -0.25) is 0 Å². The summed E-state index contributed by atoms with van der Waals surface area (Å²) in [7, 11) is 0. The van der Waals surface area contributed by atoms with Crippen LogP contribution in [0.1, 0.15) is 0 Å². The topological polar surface area (TPSA) is 101 Å². The standard InChI is InChI=1S/C18H13ClO5/c19-12-7-10(9-4-2-1-3-5-9)6-11(8-12)13-14(20)16(22)18(24)17(23)15(13)21/h1-8,20-24H. The van der Waals surface area contributed by atoms with Crippen LogP contribution in [0.2, 0.25) is 5.02 Å². The monoisotopic (exact) mass is 344 g/mol. The van der Waals surface area contributed by atoms with Gasteiger partial charge >= 0.3 is 0 Å². The van der Waals surface area contributed by atoms with Gasteiger partial charge in [-0.1, -0.05) is 41.9 Å². The van der Waals surface area contributed by atoms with Crippen LogP contribution in [0.4, 0.5) is 0 Å². The summed E-state index contributed by atoms with van der Waals surface area (Å²) >= 11 is 6.13. The van der Waals surface area contributed by atoms with Crippen molar-refractivity contribution in [3.8, 4) is 51.0 Å². The van der Waals surface area contributed by atoms with E-state index in [0.29, 0.717) is 10.6 Å². The third-order valence-electron chi connectivity index (χ3n) is 3.66. The van der Waals surface area contributed by atoms with E-state index < -0.39 is 28.7 Å². The molecule has 0 saturated carbocycles. The Morgan fingerprint density at radius 1 is 0.542 bits per heavy atom. The molecule has 0 aliphatic heterocycles. The molecule has 0 aliphatic carbocycles. The van der Waals surface area contributed by atoms with E-state index in [-0.39, 0.29) is 11.1 Å². The molecule has 0 bridgehead atoms. The Hall–Kier alpha value is -3.05. The van der Waals surface area contributed by atoms with Gasteiger partial charge in [0.1, 0.15) is 0 Å². The Balaban J connectivity index is 2.27. The zero-order valence-electron chi connectivity index (χ0n) is 12.2. The molecule has 0 radical (unpaired) electrons. The number of phenolic OH excluding ortho intramolecular Hbond substituents is 5. The van der Waals surface area contributed by atoms with Crippen molar-refractivity contribution in [2.45, 2.75) is 0 Å². The number of rotatable bonds is 2. The smallest absolute Gasteiger partial charge is 0.208 e. The minimum Gasteiger partial charge on any atom is -0.504 e. The third-order valence-corrected chi connectivity index (χ3v) is 3.88. The molecule has 0 spiro atoms. The summed E-state index contributed by atoms with van der Waals surface area (Å²) in [5, 5.41) is 49.4. The van der Waals surface area contributed by atoms with Crippen molar-refractivity contribution in [3.05, 3.63) is 53.6 Å². The summed E-state index contributed by atoms with van der Waals surface area (Å²) in [6, 6.07) is 14.1. The molecule has 0 amide bonds. The Kier molecular flexibility index (Phi) is 3.87. The minimum absolute atomic E-state index is 0.234. The summed E-state index contributed by atoms with van der Waals surface area (Å²) in [4.78, 5) is 0. The van der Waals surface area contributed by atoms with Crippen LogP contribution in [0, 0.1) is 0 Å². The lowest BCUT2D eigenvalue weighted by atomic mass is 9.97. The molecule has 3 aromatic rings. The van der Waals surface area contributed by atoms with Gasteiger partial charge in [0, 0.05) is 5.02 Å². The minimum atomic E-state index is -1.00. The van der Waals surface area contributed by atoms with E-state index in [1.54, 1.807) is 12.1 Å². The van der Waals surface area contributed by atoms with Crippen LogP contribution in [-0.2, 0) is 0 Å². The van der Waals surface area contributed by atoms with Gasteiger partial charge in [-0.2, -0.15) is 0 Å². The Bertz CT molecular complexity index is 893. The maximum atomic E-state index is 10.1. The molecule has 3 rings (SSSR count). The fourth-order valence-electron chi connectivity index (χ4n) is 2.49. The molecule has 0 aromatic heterocycles. The second-order valence-corrected chi connectivity index (χ2v) is 5.65. The zero-order valence-corrected chi connectivity index (χ0v) is 13.0. The molecule has 5 N–H and O–H groups in total. The SMILES string of the molecule is Oc1c(O)c(O)c(-c2cc(Cl)cc(-c3ccccc3)c2)c(O)c1O. The molecular formula is C18H13ClO5. The van der Waals surface area contributed by atoms with Crippen molar-refractivity contribution in [2.24, 2.45) is 0 Å².